The Balaban J connectivity index is 1.23. The first-order valence-electron chi connectivity index (χ1n) is 13.2. The van der Waals surface area contributed by atoms with Gasteiger partial charge in [0.1, 0.15) is 30.2 Å². The Morgan fingerprint density at radius 2 is 1.80 bits per heavy atom. The van der Waals surface area contributed by atoms with E-state index in [0.29, 0.717) is 54.1 Å². The third-order valence-corrected chi connectivity index (χ3v) is 7.61. The number of aliphatic hydroxyl groups excluding tert-OH is 1. The topological polar surface area (TPSA) is 106 Å². The molecular weight excluding hydrogens is 565 g/mol. The monoisotopic (exact) mass is 591 g/mol. The molecule has 11 heteroatoms. The van der Waals surface area contributed by atoms with Gasteiger partial charge >= 0.3 is 6.09 Å². The Hall–Kier alpha value is -4.05. The minimum Gasteiger partial charge on any atom is -0.493 e. The van der Waals surface area contributed by atoms with Gasteiger partial charge in [0.05, 0.1) is 19.3 Å². The van der Waals surface area contributed by atoms with Crippen LogP contribution in [-0.4, -0.2) is 55.1 Å². The van der Waals surface area contributed by atoms with Crippen LogP contribution in [0.15, 0.2) is 79.4 Å². The van der Waals surface area contributed by atoms with Crippen molar-refractivity contribution in [1.82, 2.24) is 24.6 Å². The molecule has 2 atom stereocenters. The van der Waals surface area contributed by atoms with E-state index in [2.05, 4.69) is 15.1 Å². The van der Waals surface area contributed by atoms with Gasteiger partial charge in [-0.15, -0.1) is 0 Å². The molecule has 0 fully saturated rings. The molecule has 3 aromatic carbocycles. The van der Waals surface area contributed by atoms with Crippen LogP contribution in [0.2, 0.25) is 10.0 Å². The van der Waals surface area contributed by atoms with E-state index in [1.165, 1.54) is 6.33 Å². The van der Waals surface area contributed by atoms with Crippen molar-refractivity contribution in [1.29, 1.82) is 0 Å². The van der Waals surface area contributed by atoms with Crippen molar-refractivity contribution in [2.75, 3.05) is 13.2 Å². The maximum Gasteiger partial charge on any atom is 0.416 e. The number of nitrogens with zero attached hydrogens (tertiary/aromatic N) is 4. The average Bonchev–Trinajstić information content (AvgIpc) is 3.61. The summed E-state index contributed by atoms with van der Waals surface area (Å²) >= 11 is 12.3. The van der Waals surface area contributed by atoms with Crippen LogP contribution >= 0.6 is 23.2 Å². The fourth-order valence-corrected chi connectivity index (χ4v) is 5.46. The first kappa shape index (κ1) is 27.1. The van der Waals surface area contributed by atoms with Gasteiger partial charge in [-0.3, -0.25) is 9.58 Å². The number of carbonyl (C=O) groups is 1. The fourth-order valence-electron chi connectivity index (χ4n) is 5.16. The van der Waals surface area contributed by atoms with Crippen LogP contribution in [0.3, 0.4) is 0 Å². The van der Waals surface area contributed by atoms with E-state index in [9.17, 15) is 9.90 Å². The number of benzene rings is 3. The number of aliphatic hydroxyl groups is 1. The van der Waals surface area contributed by atoms with Gasteiger partial charge in [0.15, 0.2) is 0 Å². The van der Waals surface area contributed by atoms with E-state index in [1.807, 2.05) is 42.5 Å². The zero-order chi connectivity index (χ0) is 28.3. The van der Waals surface area contributed by atoms with Gasteiger partial charge in [-0.25, -0.2) is 9.78 Å². The van der Waals surface area contributed by atoms with Gasteiger partial charge in [0.25, 0.3) is 0 Å². The van der Waals surface area contributed by atoms with Crippen LogP contribution in [0.25, 0.3) is 10.9 Å². The number of carbonyl (C=O) groups excluding carboxylic acids is 1. The predicted molar refractivity (Wildman–Crippen MR) is 156 cm³/mol. The van der Waals surface area contributed by atoms with Crippen LogP contribution in [-0.2, 0) is 13.0 Å². The number of amides is 1. The summed E-state index contributed by atoms with van der Waals surface area (Å²) in [5, 5.41) is 16.5. The minimum absolute atomic E-state index is 0.338. The zero-order valence-corrected chi connectivity index (χ0v) is 23.4. The first-order valence-corrected chi connectivity index (χ1v) is 14.0. The van der Waals surface area contributed by atoms with Crippen molar-refractivity contribution in [3.05, 3.63) is 106 Å². The number of aromatic amines is 1. The van der Waals surface area contributed by atoms with Crippen molar-refractivity contribution in [3.63, 3.8) is 0 Å². The van der Waals surface area contributed by atoms with Gasteiger partial charge in [0.2, 0.25) is 0 Å². The molecular formula is C30H27Cl2N5O4. The second-order valence-electron chi connectivity index (χ2n) is 9.85. The number of halogens is 2. The summed E-state index contributed by atoms with van der Waals surface area (Å²) in [6.07, 6.45) is 3.03. The molecule has 2 unspecified atom stereocenters. The highest BCUT2D eigenvalue weighted by atomic mass is 35.5. The van der Waals surface area contributed by atoms with Crippen molar-refractivity contribution in [3.8, 4) is 11.5 Å². The summed E-state index contributed by atoms with van der Waals surface area (Å²) in [5.41, 5.74) is 3.91. The molecule has 0 saturated carbocycles. The number of hydrogen-bond acceptors (Lipinski definition) is 6. The van der Waals surface area contributed by atoms with Crippen molar-refractivity contribution >= 4 is 40.2 Å². The Labute approximate surface area is 246 Å². The second-order valence-corrected chi connectivity index (χ2v) is 10.7. The van der Waals surface area contributed by atoms with Crippen molar-refractivity contribution in [2.24, 2.45) is 0 Å². The first-order chi connectivity index (χ1) is 19.9. The van der Waals surface area contributed by atoms with Gasteiger partial charge in [-0.05, 0) is 72.1 Å². The van der Waals surface area contributed by atoms with Gasteiger partial charge in [-0.1, -0.05) is 35.3 Å². The largest absolute Gasteiger partial charge is 0.493 e. The number of H-pyrrole nitrogens is 1. The number of ether oxygens (including phenoxy) is 2. The number of rotatable bonds is 8. The smallest absolute Gasteiger partial charge is 0.416 e. The van der Waals surface area contributed by atoms with Crippen LogP contribution in [0.5, 0.6) is 11.5 Å². The van der Waals surface area contributed by atoms with E-state index < -0.39 is 18.2 Å². The second kappa shape index (κ2) is 11.8. The van der Waals surface area contributed by atoms with Gasteiger partial charge in [0, 0.05) is 39.6 Å². The number of hydrogen-bond donors (Lipinski definition) is 2. The Morgan fingerprint density at radius 1 is 1.05 bits per heavy atom. The molecule has 1 aliphatic rings. The maximum absolute atomic E-state index is 13.5. The molecule has 0 bridgehead atoms. The van der Waals surface area contributed by atoms with Crippen LogP contribution in [0, 0.1) is 0 Å². The molecule has 3 heterocycles. The molecule has 6 rings (SSSR count). The highest BCUT2D eigenvalue weighted by molar-refractivity contribution is 6.31. The summed E-state index contributed by atoms with van der Waals surface area (Å²) in [4.78, 5) is 22.6. The molecule has 41 heavy (non-hydrogen) atoms. The minimum atomic E-state index is -0.604. The normalized spacial score (nSPS) is 15.5. The van der Waals surface area contributed by atoms with Crippen molar-refractivity contribution < 1.29 is 19.4 Å². The van der Waals surface area contributed by atoms with Gasteiger partial charge < -0.3 is 19.6 Å². The lowest BCUT2D eigenvalue weighted by atomic mass is 9.92. The molecule has 1 aliphatic heterocycles. The average molecular weight is 592 g/mol. The quantitative estimate of drug-likeness (QED) is 0.228. The third-order valence-electron chi connectivity index (χ3n) is 7.12. The Bertz CT molecular complexity index is 1640. The van der Waals surface area contributed by atoms with E-state index in [1.54, 1.807) is 40.2 Å². The lowest BCUT2D eigenvalue weighted by Crippen LogP contribution is -2.42. The predicted octanol–water partition coefficient (Wildman–Crippen LogP) is 6.04. The molecule has 0 saturated heterocycles. The maximum atomic E-state index is 13.5. The molecule has 0 radical (unpaired) electrons. The lowest BCUT2D eigenvalue weighted by Gasteiger charge is -2.35. The summed E-state index contributed by atoms with van der Waals surface area (Å²) in [5.74, 6) is 1.08. The lowest BCUT2D eigenvalue weighted by molar-refractivity contribution is 0.118. The van der Waals surface area contributed by atoms with E-state index >= 15 is 0 Å². The number of nitrogens with one attached hydrogen (secondary N) is 1. The fraction of sp³-hybridized carbons (Fsp3) is 0.233. The molecule has 1 amide bonds. The van der Waals surface area contributed by atoms with Crippen LogP contribution in [0.1, 0.15) is 29.3 Å². The SMILES string of the molecule is O=C(Oc1ccc(Cl)cc1)N1CCc2c([nH]c3ccc(Cl)cc23)C1c1ccc(OCCC(O)Cn2cncn2)cc1. The highest BCUT2D eigenvalue weighted by Gasteiger charge is 2.35. The van der Waals surface area contributed by atoms with Gasteiger partial charge in [-0.2, -0.15) is 5.10 Å². The summed E-state index contributed by atoms with van der Waals surface area (Å²) in [7, 11) is 0. The molecule has 210 valence electrons. The summed E-state index contributed by atoms with van der Waals surface area (Å²) in [6.45, 7) is 1.15. The molecule has 2 aromatic heterocycles. The zero-order valence-electron chi connectivity index (χ0n) is 21.9. The molecule has 0 spiro atoms. The Morgan fingerprint density at radius 3 is 2.56 bits per heavy atom. The van der Waals surface area contributed by atoms with Crippen molar-refractivity contribution in [2.45, 2.75) is 31.5 Å². The number of fused-ring (bicyclic) bond motifs is 3. The summed E-state index contributed by atoms with van der Waals surface area (Å²) < 4.78 is 13.2. The Kier molecular flexibility index (Phi) is 7.82. The molecule has 2 N–H and O–H groups in total. The summed E-state index contributed by atoms with van der Waals surface area (Å²) in [6, 6.07) is 19.7. The van der Waals surface area contributed by atoms with E-state index in [4.69, 9.17) is 32.7 Å². The molecule has 5 aromatic rings. The van der Waals surface area contributed by atoms with Crippen LogP contribution < -0.4 is 9.47 Å². The third kappa shape index (κ3) is 6.02. The standard InChI is InChI=1S/C30H27Cl2N5O4/c31-20-3-8-24(9-4-20)41-30(39)37-13-11-25-26-15-21(32)5-10-27(26)35-28(25)29(37)19-1-6-23(7-2-19)40-14-12-22(38)16-36-18-33-17-34-36/h1-10,15,17-18,22,29,35,38H,11-14,16H2. The molecule has 0 aliphatic carbocycles. The molecule has 9 nitrogen and oxygen atoms in total. The van der Waals surface area contributed by atoms with E-state index in [0.717, 1.165) is 27.7 Å². The highest BCUT2D eigenvalue weighted by Crippen LogP contribution is 2.40. The van der Waals surface area contributed by atoms with Crippen LogP contribution in [0.4, 0.5) is 4.79 Å². The van der Waals surface area contributed by atoms with E-state index in [-0.39, 0.29) is 0 Å². The number of aromatic nitrogens is 4.